The fourth-order valence-electron chi connectivity index (χ4n) is 3.47. The molecule has 146 valence electrons. The fourth-order valence-corrected chi connectivity index (χ4v) is 3.47. The van der Waals surface area contributed by atoms with Gasteiger partial charge >= 0.3 is 0 Å². The maximum atomic E-state index is 12.6. The normalized spacial score (nSPS) is 18.3. The SMILES string of the molecule is CCC(CC)NC(=O)c1ccc2nnc([C@H]3CN(C(C)=O)CCN3C)n2c1. The molecule has 3 rings (SSSR count). The van der Waals surface area contributed by atoms with Gasteiger partial charge in [0.05, 0.1) is 11.6 Å². The molecule has 0 radical (unpaired) electrons. The van der Waals surface area contributed by atoms with Crippen molar-refractivity contribution in [2.75, 3.05) is 26.7 Å². The number of carbonyl (C=O) groups excluding carboxylic acids is 2. The third-order valence-corrected chi connectivity index (χ3v) is 5.40. The molecule has 0 bridgehead atoms. The van der Waals surface area contributed by atoms with E-state index in [0.29, 0.717) is 24.3 Å². The number of rotatable bonds is 5. The van der Waals surface area contributed by atoms with Crippen molar-refractivity contribution < 1.29 is 9.59 Å². The number of aromatic nitrogens is 3. The summed E-state index contributed by atoms with van der Waals surface area (Å²) >= 11 is 0. The van der Waals surface area contributed by atoms with Crippen LogP contribution < -0.4 is 5.32 Å². The van der Waals surface area contributed by atoms with Gasteiger partial charge in [0.2, 0.25) is 5.91 Å². The van der Waals surface area contributed by atoms with E-state index in [4.69, 9.17) is 0 Å². The van der Waals surface area contributed by atoms with E-state index in [0.717, 1.165) is 25.2 Å². The first kappa shape index (κ1) is 19.3. The molecule has 0 aromatic carbocycles. The summed E-state index contributed by atoms with van der Waals surface area (Å²) in [5.74, 6) is 0.718. The first-order valence-corrected chi connectivity index (χ1v) is 9.55. The van der Waals surface area contributed by atoms with E-state index < -0.39 is 0 Å². The van der Waals surface area contributed by atoms with Gasteiger partial charge in [0.25, 0.3) is 5.91 Å². The highest BCUT2D eigenvalue weighted by Crippen LogP contribution is 2.23. The van der Waals surface area contributed by atoms with Crippen LogP contribution in [0, 0.1) is 0 Å². The minimum Gasteiger partial charge on any atom is -0.349 e. The van der Waals surface area contributed by atoms with Crippen molar-refractivity contribution in [1.82, 2.24) is 29.7 Å². The predicted octanol–water partition coefficient (Wildman–Crippen LogP) is 1.48. The predicted molar refractivity (Wildman–Crippen MR) is 102 cm³/mol. The first-order valence-electron chi connectivity index (χ1n) is 9.55. The van der Waals surface area contributed by atoms with Gasteiger partial charge in [-0.25, -0.2) is 0 Å². The minimum absolute atomic E-state index is 0.0602. The van der Waals surface area contributed by atoms with Crippen LogP contribution in [0.15, 0.2) is 18.3 Å². The highest BCUT2D eigenvalue weighted by Gasteiger charge is 2.30. The van der Waals surface area contributed by atoms with Gasteiger partial charge in [-0.3, -0.25) is 18.9 Å². The molecule has 1 fully saturated rings. The van der Waals surface area contributed by atoms with E-state index in [1.54, 1.807) is 19.2 Å². The molecule has 1 aliphatic heterocycles. The highest BCUT2D eigenvalue weighted by molar-refractivity contribution is 5.94. The van der Waals surface area contributed by atoms with Gasteiger partial charge < -0.3 is 10.2 Å². The molecule has 1 N–H and O–H groups in total. The minimum atomic E-state index is -0.0902. The van der Waals surface area contributed by atoms with Gasteiger partial charge in [-0.2, -0.15) is 0 Å². The van der Waals surface area contributed by atoms with Crippen molar-refractivity contribution in [3.63, 3.8) is 0 Å². The molecule has 2 aromatic heterocycles. The van der Waals surface area contributed by atoms with Crippen LogP contribution in [0.5, 0.6) is 0 Å². The summed E-state index contributed by atoms with van der Waals surface area (Å²) in [5.41, 5.74) is 1.27. The molecule has 2 aromatic rings. The number of piperazine rings is 1. The third-order valence-electron chi connectivity index (χ3n) is 5.40. The van der Waals surface area contributed by atoms with Gasteiger partial charge in [-0.1, -0.05) is 13.8 Å². The summed E-state index contributed by atoms with van der Waals surface area (Å²) in [6, 6.07) is 3.69. The zero-order valence-electron chi connectivity index (χ0n) is 16.5. The zero-order valence-corrected chi connectivity index (χ0v) is 16.5. The summed E-state index contributed by atoms with van der Waals surface area (Å²) in [6.07, 6.45) is 3.59. The average molecular weight is 372 g/mol. The second kappa shape index (κ2) is 8.04. The molecule has 0 aliphatic carbocycles. The smallest absolute Gasteiger partial charge is 0.252 e. The van der Waals surface area contributed by atoms with Crippen molar-refractivity contribution in [3.8, 4) is 0 Å². The van der Waals surface area contributed by atoms with Gasteiger partial charge in [0.1, 0.15) is 0 Å². The van der Waals surface area contributed by atoms with Gasteiger partial charge in [-0.05, 0) is 32.0 Å². The number of hydrogen-bond donors (Lipinski definition) is 1. The molecule has 1 saturated heterocycles. The van der Waals surface area contributed by atoms with Crippen molar-refractivity contribution in [3.05, 3.63) is 29.7 Å². The summed E-state index contributed by atoms with van der Waals surface area (Å²) in [4.78, 5) is 28.4. The summed E-state index contributed by atoms with van der Waals surface area (Å²) in [5, 5.41) is 11.7. The molecule has 0 spiro atoms. The van der Waals surface area contributed by atoms with Crippen molar-refractivity contribution in [1.29, 1.82) is 0 Å². The molecular formula is C19H28N6O2. The van der Waals surface area contributed by atoms with E-state index >= 15 is 0 Å². The summed E-state index contributed by atoms with van der Waals surface area (Å²) in [7, 11) is 2.02. The van der Waals surface area contributed by atoms with Crippen molar-refractivity contribution >= 4 is 17.5 Å². The molecule has 1 atom stereocenters. The lowest BCUT2D eigenvalue weighted by atomic mass is 10.1. The molecule has 27 heavy (non-hydrogen) atoms. The van der Waals surface area contributed by atoms with E-state index in [1.165, 1.54) is 0 Å². The van der Waals surface area contributed by atoms with E-state index in [1.807, 2.05) is 22.4 Å². The standard InChI is InChI=1S/C19H28N6O2/c1-5-15(6-2)20-19(27)14-7-8-17-21-22-18(25(17)11-14)16-12-24(13(3)26)10-9-23(16)4/h7-8,11,15-16H,5-6,9-10,12H2,1-4H3,(H,20,27)/t16-/m1/s1. The number of carbonyl (C=O) groups is 2. The molecule has 3 heterocycles. The monoisotopic (exact) mass is 372 g/mol. The van der Waals surface area contributed by atoms with Crippen LogP contribution >= 0.6 is 0 Å². The lowest BCUT2D eigenvalue weighted by Gasteiger charge is -2.38. The third kappa shape index (κ3) is 3.95. The van der Waals surface area contributed by atoms with E-state index in [9.17, 15) is 9.59 Å². The molecule has 1 aliphatic rings. The Bertz CT molecular complexity index is 829. The molecule has 0 unspecified atom stereocenters. The number of hydrogen-bond acceptors (Lipinski definition) is 5. The van der Waals surface area contributed by atoms with E-state index in [-0.39, 0.29) is 23.9 Å². The summed E-state index contributed by atoms with van der Waals surface area (Å²) in [6.45, 7) is 7.77. The molecular weight excluding hydrogens is 344 g/mol. The maximum Gasteiger partial charge on any atom is 0.252 e. The second-order valence-corrected chi connectivity index (χ2v) is 7.15. The Kier molecular flexibility index (Phi) is 5.74. The molecule has 8 nitrogen and oxygen atoms in total. The Balaban J connectivity index is 1.90. The maximum absolute atomic E-state index is 12.6. The Morgan fingerprint density at radius 1 is 1.22 bits per heavy atom. The lowest BCUT2D eigenvalue weighted by molar-refractivity contribution is -0.131. The Morgan fingerprint density at radius 2 is 1.96 bits per heavy atom. The molecule has 2 amide bonds. The van der Waals surface area contributed by atoms with Crippen LogP contribution in [0.4, 0.5) is 0 Å². The van der Waals surface area contributed by atoms with Crippen LogP contribution in [0.1, 0.15) is 55.8 Å². The Hall–Kier alpha value is -2.48. The highest BCUT2D eigenvalue weighted by atomic mass is 16.2. The van der Waals surface area contributed by atoms with Gasteiger partial charge in [-0.15, -0.1) is 10.2 Å². The lowest BCUT2D eigenvalue weighted by Crippen LogP contribution is -2.48. The van der Waals surface area contributed by atoms with Gasteiger partial charge in [0, 0.05) is 38.8 Å². The van der Waals surface area contributed by atoms with Gasteiger partial charge in [0.15, 0.2) is 11.5 Å². The topological polar surface area (TPSA) is 82.8 Å². The van der Waals surface area contributed by atoms with Crippen LogP contribution in [0.25, 0.3) is 5.65 Å². The van der Waals surface area contributed by atoms with Crippen molar-refractivity contribution in [2.45, 2.75) is 45.7 Å². The number of pyridine rings is 1. The van der Waals surface area contributed by atoms with Crippen LogP contribution in [0.3, 0.4) is 0 Å². The quantitative estimate of drug-likeness (QED) is 0.860. The van der Waals surface area contributed by atoms with Crippen LogP contribution in [-0.2, 0) is 4.79 Å². The Labute approximate surface area is 159 Å². The summed E-state index contributed by atoms with van der Waals surface area (Å²) < 4.78 is 1.87. The number of fused-ring (bicyclic) bond motifs is 1. The number of likely N-dealkylation sites (N-methyl/N-ethyl adjacent to an activating group) is 1. The number of nitrogens with one attached hydrogen (secondary N) is 1. The number of amides is 2. The zero-order chi connectivity index (χ0) is 19.6. The van der Waals surface area contributed by atoms with Crippen LogP contribution in [0.2, 0.25) is 0 Å². The van der Waals surface area contributed by atoms with Crippen molar-refractivity contribution in [2.24, 2.45) is 0 Å². The average Bonchev–Trinajstić information content (AvgIpc) is 3.09. The first-order chi connectivity index (χ1) is 12.9. The molecule has 8 heteroatoms. The number of nitrogens with zero attached hydrogens (tertiary/aromatic N) is 5. The largest absolute Gasteiger partial charge is 0.349 e. The van der Waals surface area contributed by atoms with Crippen LogP contribution in [-0.4, -0.2) is 68.9 Å². The van der Waals surface area contributed by atoms with E-state index in [2.05, 4.69) is 34.3 Å². The molecule has 0 saturated carbocycles. The fraction of sp³-hybridized carbons (Fsp3) is 0.579. The Morgan fingerprint density at radius 3 is 2.63 bits per heavy atom. The second-order valence-electron chi connectivity index (χ2n) is 7.15.